The van der Waals surface area contributed by atoms with Crippen LogP contribution in [-0.4, -0.2) is 48.0 Å². The number of benzene rings is 2. The molecule has 2 heterocycles. The SMILES string of the molecule is C=CCCOc1cccc(CN2CCC3(CC2)C(NC2CCCCC2)=NC(=O)N3c2cccc(F)c2)c1. The Hall–Kier alpha value is -3.19. The molecule has 1 saturated carbocycles. The zero-order valence-corrected chi connectivity index (χ0v) is 21.5. The smallest absolute Gasteiger partial charge is 0.350 e. The van der Waals surface area contributed by atoms with E-state index in [1.54, 1.807) is 11.0 Å². The second-order valence-electron chi connectivity index (χ2n) is 10.4. The normalized spacial score (nSPS) is 20.2. The predicted octanol–water partition coefficient (Wildman–Crippen LogP) is 6.08. The first-order chi connectivity index (χ1) is 18.1. The summed E-state index contributed by atoms with van der Waals surface area (Å²) in [5, 5.41) is 3.67. The van der Waals surface area contributed by atoms with Crippen molar-refractivity contribution in [1.29, 1.82) is 0 Å². The van der Waals surface area contributed by atoms with Crippen LogP contribution in [-0.2, 0) is 6.54 Å². The maximum absolute atomic E-state index is 14.2. The Labute approximate surface area is 219 Å². The van der Waals surface area contributed by atoms with Gasteiger partial charge in [0.1, 0.15) is 22.9 Å². The van der Waals surface area contributed by atoms with Gasteiger partial charge in [0, 0.05) is 31.4 Å². The number of hydrogen-bond acceptors (Lipinski definition) is 4. The van der Waals surface area contributed by atoms with Crippen molar-refractivity contribution in [3.8, 4) is 5.75 Å². The third-order valence-electron chi connectivity index (χ3n) is 7.86. The van der Waals surface area contributed by atoms with Gasteiger partial charge in [0.05, 0.1) is 6.61 Å². The van der Waals surface area contributed by atoms with Gasteiger partial charge in [0.2, 0.25) is 0 Å². The highest BCUT2D eigenvalue weighted by atomic mass is 19.1. The Balaban J connectivity index is 1.33. The Morgan fingerprint density at radius 3 is 2.65 bits per heavy atom. The van der Waals surface area contributed by atoms with E-state index >= 15 is 0 Å². The van der Waals surface area contributed by atoms with E-state index in [2.05, 4.69) is 33.9 Å². The number of nitrogens with one attached hydrogen (secondary N) is 1. The molecule has 1 N–H and O–H groups in total. The number of hydrogen-bond donors (Lipinski definition) is 1. The maximum Gasteiger partial charge on any atom is 0.350 e. The number of carbonyl (C=O) groups is 1. The minimum absolute atomic E-state index is 0.304. The molecule has 1 spiro atoms. The predicted molar refractivity (Wildman–Crippen MR) is 146 cm³/mol. The number of urea groups is 1. The molecule has 37 heavy (non-hydrogen) atoms. The minimum atomic E-state index is -0.575. The number of amides is 2. The van der Waals surface area contributed by atoms with Gasteiger partial charge in [-0.1, -0.05) is 43.5 Å². The van der Waals surface area contributed by atoms with Gasteiger partial charge < -0.3 is 10.1 Å². The molecule has 2 aliphatic heterocycles. The van der Waals surface area contributed by atoms with Gasteiger partial charge in [0.25, 0.3) is 0 Å². The van der Waals surface area contributed by atoms with Gasteiger partial charge in [-0.05, 0) is 68.0 Å². The van der Waals surface area contributed by atoms with Gasteiger partial charge in [-0.25, -0.2) is 9.18 Å². The van der Waals surface area contributed by atoms with Crippen molar-refractivity contribution in [3.05, 3.63) is 72.6 Å². The largest absolute Gasteiger partial charge is 0.493 e. The van der Waals surface area contributed by atoms with Crippen molar-refractivity contribution < 1.29 is 13.9 Å². The molecule has 0 unspecified atom stereocenters. The molecule has 6 nitrogen and oxygen atoms in total. The summed E-state index contributed by atoms with van der Waals surface area (Å²) in [6.45, 7) is 6.80. The topological polar surface area (TPSA) is 57.2 Å². The molecular weight excluding hydrogens is 467 g/mol. The van der Waals surface area contributed by atoms with E-state index in [-0.39, 0.29) is 11.8 Å². The first kappa shape index (κ1) is 25.5. The average molecular weight is 505 g/mol. The van der Waals surface area contributed by atoms with Crippen LogP contribution >= 0.6 is 0 Å². The highest BCUT2D eigenvalue weighted by Gasteiger charge is 2.52. The van der Waals surface area contributed by atoms with E-state index < -0.39 is 5.54 Å². The number of piperidine rings is 1. The van der Waals surface area contributed by atoms with Gasteiger partial charge >= 0.3 is 6.03 Å². The lowest BCUT2D eigenvalue weighted by molar-refractivity contribution is 0.181. The summed E-state index contributed by atoms with van der Waals surface area (Å²) < 4.78 is 20.0. The fraction of sp³-hybridized carbons (Fsp3) is 0.467. The Morgan fingerprint density at radius 2 is 1.89 bits per heavy atom. The summed E-state index contributed by atoms with van der Waals surface area (Å²) in [5.74, 6) is 1.30. The lowest BCUT2D eigenvalue weighted by Gasteiger charge is -2.45. The average Bonchev–Trinajstić information content (AvgIpc) is 3.16. The van der Waals surface area contributed by atoms with E-state index in [9.17, 15) is 9.18 Å². The molecule has 5 rings (SSSR count). The molecule has 2 aromatic carbocycles. The Kier molecular flexibility index (Phi) is 7.89. The third-order valence-corrected chi connectivity index (χ3v) is 7.86. The second-order valence-corrected chi connectivity index (χ2v) is 10.4. The van der Waals surface area contributed by atoms with Crippen LogP contribution in [0.2, 0.25) is 0 Å². The van der Waals surface area contributed by atoms with Gasteiger partial charge in [-0.15, -0.1) is 6.58 Å². The number of anilines is 1. The maximum atomic E-state index is 14.2. The third kappa shape index (κ3) is 5.72. The quantitative estimate of drug-likeness (QED) is 0.350. The fourth-order valence-electron chi connectivity index (χ4n) is 5.91. The lowest BCUT2D eigenvalue weighted by atomic mass is 9.83. The Bertz CT molecular complexity index is 1140. The van der Waals surface area contributed by atoms with E-state index in [1.807, 2.05) is 24.3 Å². The highest BCUT2D eigenvalue weighted by molar-refractivity contribution is 6.16. The van der Waals surface area contributed by atoms with Crippen molar-refractivity contribution in [2.45, 2.75) is 69.5 Å². The lowest BCUT2D eigenvalue weighted by Crippen LogP contribution is -2.62. The van der Waals surface area contributed by atoms with Gasteiger partial charge in [-0.2, -0.15) is 4.99 Å². The monoisotopic (exact) mass is 504 g/mol. The van der Waals surface area contributed by atoms with E-state index in [1.165, 1.54) is 37.0 Å². The molecule has 2 fully saturated rings. The summed E-state index contributed by atoms with van der Waals surface area (Å²) in [4.78, 5) is 22.0. The summed E-state index contributed by atoms with van der Waals surface area (Å²) in [6, 6.07) is 14.6. The molecule has 3 aliphatic rings. The molecule has 0 aromatic heterocycles. The Morgan fingerprint density at radius 1 is 1.11 bits per heavy atom. The standard InChI is InChI=1S/C30H37FN4O2/c1-2-3-19-37-27-14-7-9-23(20-27)22-34-17-15-30(16-18-34)28(32-25-11-5-4-6-12-25)33-29(36)35(30)26-13-8-10-24(31)21-26/h2,7-10,13-14,20-21,25H,1,3-6,11-12,15-19,22H2,(H,32,33,36). The number of likely N-dealkylation sites (tertiary alicyclic amines) is 1. The van der Waals surface area contributed by atoms with Crippen molar-refractivity contribution in [2.24, 2.45) is 4.99 Å². The highest BCUT2D eigenvalue weighted by Crippen LogP contribution is 2.39. The van der Waals surface area contributed by atoms with Crippen LogP contribution in [0, 0.1) is 5.82 Å². The van der Waals surface area contributed by atoms with Crippen LogP contribution in [0.1, 0.15) is 56.9 Å². The second kappa shape index (κ2) is 11.5. The van der Waals surface area contributed by atoms with Crippen LogP contribution in [0.5, 0.6) is 5.75 Å². The summed E-state index contributed by atoms with van der Waals surface area (Å²) >= 11 is 0. The number of carbonyl (C=O) groups excluding carboxylic acids is 1. The first-order valence-corrected chi connectivity index (χ1v) is 13.6. The molecule has 196 valence electrons. The number of nitrogens with zero attached hydrogens (tertiary/aromatic N) is 3. The molecule has 7 heteroatoms. The van der Waals surface area contributed by atoms with Crippen molar-refractivity contribution in [3.63, 3.8) is 0 Å². The molecule has 2 amide bonds. The van der Waals surface area contributed by atoms with E-state index in [4.69, 9.17) is 4.74 Å². The number of rotatable bonds is 8. The zero-order chi connectivity index (χ0) is 25.7. The van der Waals surface area contributed by atoms with Crippen LogP contribution < -0.4 is 15.0 Å². The summed E-state index contributed by atoms with van der Waals surface area (Å²) in [5.41, 5.74) is 1.20. The zero-order valence-electron chi connectivity index (χ0n) is 21.5. The molecule has 1 saturated heterocycles. The van der Waals surface area contributed by atoms with Crippen LogP contribution in [0.25, 0.3) is 0 Å². The van der Waals surface area contributed by atoms with E-state index in [0.29, 0.717) is 18.3 Å². The van der Waals surface area contributed by atoms with Crippen LogP contribution in [0.15, 0.2) is 66.2 Å². The summed E-state index contributed by atoms with van der Waals surface area (Å²) in [6.07, 6.45) is 10.0. The molecule has 0 bridgehead atoms. The summed E-state index contributed by atoms with van der Waals surface area (Å²) in [7, 11) is 0. The molecular formula is C30H37FN4O2. The van der Waals surface area contributed by atoms with Crippen LogP contribution in [0.3, 0.4) is 0 Å². The number of halogens is 1. The minimum Gasteiger partial charge on any atom is -0.493 e. The van der Waals surface area contributed by atoms with Crippen LogP contribution in [0.4, 0.5) is 14.9 Å². The van der Waals surface area contributed by atoms with Gasteiger partial charge in [0.15, 0.2) is 0 Å². The van der Waals surface area contributed by atoms with Gasteiger partial charge in [-0.3, -0.25) is 9.80 Å². The number of amidine groups is 1. The van der Waals surface area contributed by atoms with E-state index in [0.717, 1.165) is 63.3 Å². The van der Waals surface area contributed by atoms with Crippen molar-refractivity contribution in [2.75, 3.05) is 24.6 Å². The van der Waals surface area contributed by atoms with Crippen molar-refractivity contribution >= 4 is 17.6 Å². The molecule has 1 aliphatic carbocycles. The fourth-order valence-corrected chi connectivity index (χ4v) is 5.91. The molecule has 2 aromatic rings. The first-order valence-electron chi connectivity index (χ1n) is 13.6. The number of ether oxygens (including phenoxy) is 1. The van der Waals surface area contributed by atoms with Crippen molar-refractivity contribution in [1.82, 2.24) is 10.2 Å². The number of aliphatic imine (C=N–C) groups is 1. The molecule has 0 atom stereocenters. The molecule has 0 radical (unpaired) electrons.